The second-order valence-electron chi connectivity index (χ2n) is 5.07. The summed E-state index contributed by atoms with van der Waals surface area (Å²) in [4.78, 5) is 2.56. The molecule has 0 aliphatic carbocycles. The minimum absolute atomic E-state index is 0.827. The van der Waals surface area contributed by atoms with E-state index in [2.05, 4.69) is 22.3 Å². The predicted molar refractivity (Wildman–Crippen MR) is 75.2 cm³/mol. The van der Waals surface area contributed by atoms with Crippen LogP contribution in [-0.2, 0) is 6.42 Å². The molecule has 3 nitrogen and oxygen atoms in total. The van der Waals surface area contributed by atoms with Crippen molar-refractivity contribution in [3.05, 3.63) is 29.8 Å². The van der Waals surface area contributed by atoms with E-state index in [1.807, 2.05) is 19.2 Å². The van der Waals surface area contributed by atoms with Gasteiger partial charge < -0.3 is 15.0 Å². The van der Waals surface area contributed by atoms with Crippen LogP contribution in [-0.4, -0.2) is 45.2 Å². The van der Waals surface area contributed by atoms with Gasteiger partial charge in [0, 0.05) is 13.1 Å². The van der Waals surface area contributed by atoms with Gasteiger partial charge in [-0.15, -0.1) is 0 Å². The summed E-state index contributed by atoms with van der Waals surface area (Å²) in [5, 5.41) is 3.28. The molecule has 1 aromatic rings. The highest BCUT2D eigenvalue weighted by molar-refractivity contribution is 5.33. The molecule has 1 atom stereocenters. The van der Waals surface area contributed by atoms with Crippen molar-refractivity contribution >= 4 is 0 Å². The summed E-state index contributed by atoms with van der Waals surface area (Å²) in [6.07, 6.45) is 2.41. The van der Waals surface area contributed by atoms with Crippen LogP contribution in [0, 0.1) is 5.92 Å². The van der Waals surface area contributed by atoms with Gasteiger partial charge in [-0.1, -0.05) is 18.2 Å². The Morgan fingerprint density at radius 2 is 2.22 bits per heavy atom. The standard InChI is InChI=1S/C15H24N2O/c1-16-11-13-7-9-17(12-13)10-8-14-5-3-4-6-15(14)18-2/h3-6,13,16H,7-12H2,1-2H3. The second-order valence-corrected chi connectivity index (χ2v) is 5.07. The molecule has 1 N–H and O–H groups in total. The smallest absolute Gasteiger partial charge is 0.122 e. The number of methoxy groups -OCH3 is 1. The monoisotopic (exact) mass is 248 g/mol. The largest absolute Gasteiger partial charge is 0.496 e. The first-order valence-corrected chi connectivity index (χ1v) is 6.82. The Labute approximate surface area is 110 Å². The van der Waals surface area contributed by atoms with Crippen molar-refractivity contribution in [2.75, 3.05) is 40.3 Å². The molecule has 1 aliphatic heterocycles. The quantitative estimate of drug-likeness (QED) is 0.830. The van der Waals surface area contributed by atoms with E-state index in [9.17, 15) is 0 Å². The summed E-state index contributed by atoms with van der Waals surface area (Å²) < 4.78 is 5.39. The number of nitrogens with zero attached hydrogens (tertiary/aromatic N) is 1. The lowest BCUT2D eigenvalue weighted by atomic mass is 10.1. The van der Waals surface area contributed by atoms with Crippen molar-refractivity contribution in [2.24, 2.45) is 5.92 Å². The molecule has 1 heterocycles. The molecule has 1 fully saturated rings. The number of likely N-dealkylation sites (tertiary alicyclic amines) is 1. The molecule has 0 spiro atoms. The van der Waals surface area contributed by atoms with Crippen LogP contribution in [0.1, 0.15) is 12.0 Å². The summed E-state index contributed by atoms with van der Waals surface area (Å²) in [6, 6.07) is 8.33. The number of rotatable bonds is 6. The van der Waals surface area contributed by atoms with Crippen LogP contribution >= 0.6 is 0 Å². The highest BCUT2D eigenvalue weighted by Gasteiger charge is 2.21. The van der Waals surface area contributed by atoms with Crippen LogP contribution < -0.4 is 10.1 Å². The lowest BCUT2D eigenvalue weighted by Gasteiger charge is -2.17. The lowest BCUT2D eigenvalue weighted by Crippen LogP contribution is -2.26. The first-order chi connectivity index (χ1) is 8.83. The van der Waals surface area contributed by atoms with Gasteiger partial charge in [0.05, 0.1) is 7.11 Å². The van der Waals surface area contributed by atoms with Crippen LogP contribution in [0.3, 0.4) is 0 Å². The van der Waals surface area contributed by atoms with Gasteiger partial charge in [-0.2, -0.15) is 0 Å². The molecule has 1 unspecified atom stereocenters. The van der Waals surface area contributed by atoms with Gasteiger partial charge in [0.1, 0.15) is 5.75 Å². The second kappa shape index (κ2) is 6.76. The molecular formula is C15H24N2O. The Morgan fingerprint density at radius 1 is 1.39 bits per heavy atom. The molecular weight excluding hydrogens is 224 g/mol. The van der Waals surface area contributed by atoms with Crippen LogP contribution in [0.2, 0.25) is 0 Å². The zero-order chi connectivity index (χ0) is 12.8. The maximum absolute atomic E-state index is 5.39. The van der Waals surface area contributed by atoms with Crippen molar-refractivity contribution in [3.8, 4) is 5.75 Å². The highest BCUT2D eigenvalue weighted by atomic mass is 16.5. The first kappa shape index (κ1) is 13.4. The zero-order valence-corrected chi connectivity index (χ0v) is 11.5. The number of nitrogens with one attached hydrogen (secondary N) is 1. The molecule has 3 heteroatoms. The van der Waals surface area contributed by atoms with Crippen molar-refractivity contribution in [2.45, 2.75) is 12.8 Å². The van der Waals surface area contributed by atoms with Crippen molar-refractivity contribution in [3.63, 3.8) is 0 Å². The van der Waals surface area contributed by atoms with E-state index in [0.717, 1.165) is 31.2 Å². The van der Waals surface area contributed by atoms with Gasteiger partial charge in [-0.3, -0.25) is 0 Å². The van der Waals surface area contributed by atoms with E-state index in [-0.39, 0.29) is 0 Å². The molecule has 1 aliphatic rings. The predicted octanol–water partition coefficient (Wildman–Crippen LogP) is 1.78. The Bertz CT molecular complexity index is 367. The molecule has 18 heavy (non-hydrogen) atoms. The number of benzene rings is 1. The third-order valence-electron chi connectivity index (χ3n) is 3.75. The van der Waals surface area contributed by atoms with Crippen molar-refractivity contribution in [1.29, 1.82) is 0 Å². The fourth-order valence-corrected chi connectivity index (χ4v) is 2.76. The van der Waals surface area contributed by atoms with Crippen molar-refractivity contribution < 1.29 is 4.74 Å². The van der Waals surface area contributed by atoms with E-state index < -0.39 is 0 Å². The Kier molecular flexibility index (Phi) is 5.02. The third-order valence-corrected chi connectivity index (χ3v) is 3.75. The average molecular weight is 248 g/mol. The highest BCUT2D eigenvalue weighted by Crippen LogP contribution is 2.20. The number of hydrogen-bond acceptors (Lipinski definition) is 3. The average Bonchev–Trinajstić information content (AvgIpc) is 2.85. The molecule has 1 saturated heterocycles. The molecule has 0 bridgehead atoms. The lowest BCUT2D eigenvalue weighted by molar-refractivity contribution is 0.324. The number of hydrogen-bond donors (Lipinski definition) is 1. The first-order valence-electron chi connectivity index (χ1n) is 6.82. The number of para-hydroxylation sites is 1. The third kappa shape index (κ3) is 3.47. The van der Waals surface area contributed by atoms with Crippen molar-refractivity contribution in [1.82, 2.24) is 10.2 Å². The molecule has 0 radical (unpaired) electrons. The molecule has 1 aromatic carbocycles. The van der Waals surface area contributed by atoms with Gasteiger partial charge in [-0.05, 0) is 50.5 Å². The fourth-order valence-electron chi connectivity index (χ4n) is 2.76. The molecule has 100 valence electrons. The van der Waals surface area contributed by atoms with Gasteiger partial charge in [0.15, 0.2) is 0 Å². The SMILES string of the molecule is CNCC1CCN(CCc2ccccc2OC)C1. The Morgan fingerprint density at radius 3 is 3.00 bits per heavy atom. The summed E-state index contributed by atoms with van der Waals surface area (Å²) >= 11 is 0. The fraction of sp³-hybridized carbons (Fsp3) is 0.600. The molecule has 0 aromatic heterocycles. The summed E-state index contributed by atoms with van der Waals surface area (Å²) in [7, 11) is 3.79. The summed E-state index contributed by atoms with van der Waals surface area (Å²) in [5.41, 5.74) is 1.32. The Balaban J connectivity index is 1.81. The topological polar surface area (TPSA) is 24.5 Å². The molecule has 0 saturated carbocycles. The van der Waals surface area contributed by atoms with E-state index in [0.29, 0.717) is 0 Å². The molecule has 2 rings (SSSR count). The van der Waals surface area contributed by atoms with Crippen LogP contribution in [0.25, 0.3) is 0 Å². The number of ether oxygens (including phenoxy) is 1. The summed E-state index contributed by atoms with van der Waals surface area (Å²) in [5.74, 6) is 1.84. The van der Waals surface area contributed by atoms with Crippen LogP contribution in [0.15, 0.2) is 24.3 Å². The minimum atomic E-state index is 0.827. The van der Waals surface area contributed by atoms with E-state index in [4.69, 9.17) is 4.74 Å². The van der Waals surface area contributed by atoms with Gasteiger partial charge >= 0.3 is 0 Å². The van der Waals surface area contributed by atoms with E-state index in [1.54, 1.807) is 7.11 Å². The van der Waals surface area contributed by atoms with Gasteiger partial charge in [0.2, 0.25) is 0 Å². The minimum Gasteiger partial charge on any atom is -0.496 e. The summed E-state index contributed by atoms with van der Waals surface area (Å²) in [6.45, 7) is 4.75. The van der Waals surface area contributed by atoms with Gasteiger partial charge in [-0.25, -0.2) is 0 Å². The Hall–Kier alpha value is -1.06. The maximum atomic E-state index is 5.39. The normalized spacial score (nSPS) is 20.2. The molecule has 0 amide bonds. The maximum Gasteiger partial charge on any atom is 0.122 e. The van der Waals surface area contributed by atoms with Crippen LogP contribution in [0.5, 0.6) is 5.75 Å². The van der Waals surface area contributed by atoms with E-state index >= 15 is 0 Å². The zero-order valence-electron chi connectivity index (χ0n) is 11.5. The van der Waals surface area contributed by atoms with Crippen LogP contribution in [0.4, 0.5) is 0 Å². The van der Waals surface area contributed by atoms with Gasteiger partial charge in [0.25, 0.3) is 0 Å². The van der Waals surface area contributed by atoms with E-state index in [1.165, 1.54) is 25.1 Å².